The zero-order valence-electron chi connectivity index (χ0n) is 12.7. The van der Waals surface area contributed by atoms with Crippen LogP contribution in [0.3, 0.4) is 0 Å². The van der Waals surface area contributed by atoms with Crippen molar-refractivity contribution >= 4 is 17.5 Å². The van der Waals surface area contributed by atoms with Gasteiger partial charge in [0, 0.05) is 25.6 Å². The zero-order valence-corrected chi connectivity index (χ0v) is 13.4. The molecule has 0 radical (unpaired) electrons. The molecule has 0 spiro atoms. The van der Waals surface area contributed by atoms with Crippen molar-refractivity contribution in [1.29, 1.82) is 0 Å². The molecule has 1 aromatic heterocycles. The molecule has 0 bridgehead atoms. The Bertz CT molecular complexity index is 578. The van der Waals surface area contributed by atoms with Gasteiger partial charge in [0.1, 0.15) is 5.15 Å². The van der Waals surface area contributed by atoms with E-state index in [4.69, 9.17) is 11.6 Å². The van der Waals surface area contributed by atoms with Crippen LogP contribution in [0.4, 0.5) is 0 Å². The molecule has 4 nitrogen and oxygen atoms in total. The number of allylic oxidation sites excluding steroid dienone is 2. The Morgan fingerprint density at radius 1 is 1.48 bits per heavy atom. The number of aryl methyl sites for hydroxylation is 2. The predicted molar refractivity (Wildman–Crippen MR) is 83.1 cm³/mol. The lowest BCUT2D eigenvalue weighted by Crippen LogP contribution is -2.31. The number of carbonyl (C=O) groups excluding carboxylic acids is 1. The molecule has 0 unspecified atom stereocenters. The molecule has 2 aliphatic rings. The van der Waals surface area contributed by atoms with E-state index in [1.54, 1.807) is 4.68 Å². The monoisotopic (exact) mass is 307 g/mol. The second kappa shape index (κ2) is 5.84. The minimum absolute atomic E-state index is 0.101. The lowest BCUT2D eigenvalue weighted by atomic mass is 10.0. The smallest absolute Gasteiger partial charge is 0.223 e. The number of halogens is 1. The fourth-order valence-electron chi connectivity index (χ4n) is 3.60. The SMILES string of the molecule is Cc1nn(C)c(Cl)c1[C@@H]1CCCN1C(=O)C[C@H]1C=CCC1. The third-order valence-corrected chi connectivity index (χ3v) is 5.10. The number of hydrogen-bond acceptors (Lipinski definition) is 2. The average molecular weight is 308 g/mol. The van der Waals surface area contributed by atoms with Gasteiger partial charge in [-0.25, -0.2) is 0 Å². The number of amides is 1. The van der Waals surface area contributed by atoms with Crippen LogP contribution in [0.1, 0.15) is 49.4 Å². The molecule has 1 aliphatic heterocycles. The molecule has 21 heavy (non-hydrogen) atoms. The van der Waals surface area contributed by atoms with E-state index in [0.29, 0.717) is 17.5 Å². The van der Waals surface area contributed by atoms with E-state index in [9.17, 15) is 4.79 Å². The Kier molecular flexibility index (Phi) is 4.07. The summed E-state index contributed by atoms with van der Waals surface area (Å²) in [4.78, 5) is 14.7. The Morgan fingerprint density at radius 2 is 2.29 bits per heavy atom. The molecular formula is C16H22ClN3O. The lowest BCUT2D eigenvalue weighted by molar-refractivity contribution is -0.132. The molecule has 2 heterocycles. The van der Waals surface area contributed by atoms with Gasteiger partial charge in [-0.2, -0.15) is 5.10 Å². The molecule has 1 fully saturated rings. The summed E-state index contributed by atoms with van der Waals surface area (Å²) in [6.45, 7) is 2.81. The van der Waals surface area contributed by atoms with E-state index in [1.807, 2.05) is 18.9 Å². The van der Waals surface area contributed by atoms with E-state index in [2.05, 4.69) is 17.3 Å². The Labute approximate surface area is 130 Å². The fraction of sp³-hybridized carbons (Fsp3) is 0.625. The van der Waals surface area contributed by atoms with Crippen LogP contribution in [-0.4, -0.2) is 27.1 Å². The van der Waals surface area contributed by atoms with Crippen LogP contribution in [0.2, 0.25) is 5.15 Å². The highest BCUT2D eigenvalue weighted by Gasteiger charge is 2.34. The van der Waals surface area contributed by atoms with Crippen molar-refractivity contribution < 1.29 is 4.79 Å². The topological polar surface area (TPSA) is 38.1 Å². The summed E-state index contributed by atoms with van der Waals surface area (Å²) >= 11 is 6.39. The minimum atomic E-state index is 0.101. The molecule has 1 saturated heterocycles. The first-order valence-corrected chi connectivity index (χ1v) is 8.11. The summed E-state index contributed by atoms with van der Waals surface area (Å²) in [5.74, 6) is 0.678. The van der Waals surface area contributed by atoms with E-state index in [0.717, 1.165) is 43.5 Å². The Hall–Kier alpha value is -1.29. The Balaban J connectivity index is 1.78. The van der Waals surface area contributed by atoms with E-state index in [1.165, 1.54) is 0 Å². The highest BCUT2D eigenvalue weighted by atomic mass is 35.5. The summed E-state index contributed by atoms with van der Waals surface area (Å²) in [5.41, 5.74) is 1.97. The van der Waals surface area contributed by atoms with Gasteiger partial charge < -0.3 is 4.90 Å². The van der Waals surface area contributed by atoms with Gasteiger partial charge in [0.25, 0.3) is 0 Å². The first-order valence-electron chi connectivity index (χ1n) is 7.73. The van der Waals surface area contributed by atoms with Crippen molar-refractivity contribution in [3.63, 3.8) is 0 Å². The summed E-state index contributed by atoms with van der Waals surface area (Å²) in [5, 5.41) is 5.05. The van der Waals surface area contributed by atoms with Gasteiger partial charge in [0.05, 0.1) is 11.7 Å². The maximum atomic E-state index is 12.6. The van der Waals surface area contributed by atoms with Crippen LogP contribution in [0.25, 0.3) is 0 Å². The first kappa shape index (κ1) is 14.6. The van der Waals surface area contributed by atoms with Crippen LogP contribution >= 0.6 is 11.6 Å². The number of likely N-dealkylation sites (tertiary alicyclic amines) is 1. The van der Waals surface area contributed by atoms with Crippen molar-refractivity contribution in [2.75, 3.05) is 6.54 Å². The van der Waals surface area contributed by atoms with Gasteiger partial charge in [0.15, 0.2) is 0 Å². The standard InChI is InChI=1S/C16H22ClN3O/c1-11-15(16(17)19(2)18-11)13-8-5-9-20(13)14(21)10-12-6-3-4-7-12/h3,6,12-13H,4-5,7-10H2,1-2H3/t12-,13-/m0/s1. The highest BCUT2D eigenvalue weighted by Crippen LogP contribution is 2.38. The first-order chi connectivity index (χ1) is 10.1. The molecule has 1 aromatic rings. The molecule has 2 atom stereocenters. The Morgan fingerprint density at radius 3 is 2.90 bits per heavy atom. The predicted octanol–water partition coefficient (Wildman–Crippen LogP) is 3.40. The van der Waals surface area contributed by atoms with Crippen LogP contribution < -0.4 is 0 Å². The van der Waals surface area contributed by atoms with Gasteiger partial charge in [-0.1, -0.05) is 23.8 Å². The summed E-state index contributed by atoms with van der Waals surface area (Å²) in [7, 11) is 1.85. The third kappa shape index (κ3) is 2.73. The molecular weight excluding hydrogens is 286 g/mol. The zero-order chi connectivity index (χ0) is 15.0. The molecule has 3 rings (SSSR count). The van der Waals surface area contributed by atoms with E-state index < -0.39 is 0 Å². The molecule has 114 valence electrons. The summed E-state index contributed by atoms with van der Waals surface area (Å²) in [6.07, 6.45) is 9.24. The van der Waals surface area contributed by atoms with Crippen LogP contribution in [-0.2, 0) is 11.8 Å². The van der Waals surface area contributed by atoms with Gasteiger partial charge in [0.2, 0.25) is 5.91 Å². The molecule has 1 amide bonds. The number of aromatic nitrogens is 2. The van der Waals surface area contributed by atoms with Crippen LogP contribution in [0.5, 0.6) is 0 Å². The number of rotatable bonds is 3. The van der Waals surface area contributed by atoms with E-state index in [-0.39, 0.29) is 11.9 Å². The van der Waals surface area contributed by atoms with Gasteiger partial charge in [-0.15, -0.1) is 0 Å². The highest BCUT2D eigenvalue weighted by molar-refractivity contribution is 6.30. The van der Waals surface area contributed by atoms with Gasteiger partial charge in [-0.3, -0.25) is 9.48 Å². The average Bonchev–Trinajstić information content (AvgIpc) is 3.13. The largest absolute Gasteiger partial charge is 0.335 e. The summed E-state index contributed by atoms with van der Waals surface area (Å²) in [6, 6.07) is 0.101. The molecule has 0 N–H and O–H groups in total. The fourth-order valence-corrected chi connectivity index (χ4v) is 3.90. The van der Waals surface area contributed by atoms with Crippen LogP contribution in [0.15, 0.2) is 12.2 Å². The maximum Gasteiger partial charge on any atom is 0.223 e. The number of carbonyl (C=O) groups is 1. The second-order valence-electron chi connectivity index (χ2n) is 6.13. The molecule has 5 heteroatoms. The molecule has 0 aromatic carbocycles. The lowest BCUT2D eigenvalue weighted by Gasteiger charge is -2.26. The number of nitrogens with zero attached hydrogens (tertiary/aromatic N) is 3. The maximum absolute atomic E-state index is 12.6. The number of hydrogen-bond donors (Lipinski definition) is 0. The van der Waals surface area contributed by atoms with E-state index >= 15 is 0 Å². The second-order valence-corrected chi connectivity index (χ2v) is 6.49. The van der Waals surface area contributed by atoms with Crippen molar-refractivity contribution in [1.82, 2.24) is 14.7 Å². The van der Waals surface area contributed by atoms with Gasteiger partial charge in [-0.05, 0) is 38.5 Å². The van der Waals surface area contributed by atoms with Crippen molar-refractivity contribution in [3.05, 3.63) is 28.6 Å². The van der Waals surface area contributed by atoms with Crippen molar-refractivity contribution in [2.45, 2.75) is 45.1 Å². The molecule has 0 saturated carbocycles. The van der Waals surface area contributed by atoms with Crippen molar-refractivity contribution in [2.24, 2.45) is 13.0 Å². The quantitative estimate of drug-likeness (QED) is 0.803. The third-order valence-electron chi connectivity index (χ3n) is 4.65. The molecule has 1 aliphatic carbocycles. The van der Waals surface area contributed by atoms with Crippen molar-refractivity contribution in [3.8, 4) is 0 Å². The normalized spacial score (nSPS) is 25.0. The summed E-state index contributed by atoms with van der Waals surface area (Å²) < 4.78 is 1.70. The van der Waals surface area contributed by atoms with Gasteiger partial charge >= 0.3 is 0 Å². The van der Waals surface area contributed by atoms with Crippen LogP contribution in [0, 0.1) is 12.8 Å². The minimum Gasteiger partial charge on any atom is -0.335 e.